The summed E-state index contributed by atoms with van der Waals surface area (Å²) >= 11 is 0. The van der Waals surface area contributed by atoms with Gasteiger partial charge in [-0.3, -0.25) is 14.4 Å². The molecular formula is C26H26N2O4. The fourth-order valence-corrected chi connectivity index (χ4v) is 5.29. The Morgan fingerprint density at radius 2 is 1.59 bits per heavy atom. The van der Waals surface area contributed by atoms with Crippen molar-refractivity contribution < 1.29 is 19.1 Å². The monoisotopic (exact) mass is 430 g/mol. The van der Waals surface area contributed by atoms with Crippen LogP contribution in [0, 0.1) is 17.3 Å². The summed E-state index contributed by atoms with van der Waals surface area (Å²) in [6, 6.07) is 13.7. The summed E-state index contributed by atoms with van der Waals surface area (Å²) in [7, 11) is 1.57. The third-order valence-corrected chi connectivity index (χ3v) is 6.80. The quantitative estimate of drug-likeness (QED) is 0.693. The number of carbonyl (C=O) groups excluding carboxylic acids is 3. The third-order valence-electron chi connectivity index (χ3n) is 6.80. The van der Waals surface area contributed by atoms with Crippen molar-refractivity contribution in [2.24, 2.45) is 17.3 Å². The number of imide groups is 1. The van der Waals surface area contributed by atoms with E-state index in [2.05, 4.69) is 0 Å². The number of ether oxygens (including phenoxy) is 1. The minimum atomic E-state index is -0.725. The Kier molecular flexibility index (Phi) is 4.52. The van der Waals surface area contributed by atoms with Crippen molar-refractivity contribution in [3.63, 3.8) is 0 Å². The van der Waals surface area contributed by atoms with E-state index in [1.165, 1.54) is 4.90 Å². The lowest BCUT2D eigenvalue weighted by Gasteiger charge is -2.37. The maximum atomic E-state index is 13.7. The molecule has 2 fully saturated rings. The molecule has 164 valence electrons. The summed E-state index contributed by atoms with van der Waals surface area (Å²) in [6.45, 7) is 5.59. The van der Waals surface area contributed by atoms with Gasteiger partial charge >= 0.3 is 0 Å². The van der Waals surface area contributed by atoms with Crippen LogP contribution in [0.4, 0.5) is 5.69 Å². The van der Waals surface area contributed by atoms with Crippen LogP contribution in [0.5, 0.6) is 5.75 Å². The predicted molar refractivity (Wildman–Crippen MR) is 121 cm³/mol. The maximum Gasteiger partial charge on any atom is 0.240 e. The van der Waals surface area contributed by atoms with Crippen LogP contribution in [-0.2, 0) is 14.4 Å². The van der Waals surface area contributed by atoms with Crippen molar-refractivity contribution in [3.8, 4) is 5.75 Å². The van der Waals surface area contributed by atoms with Gasteiger partial charge in [0.05, 0.1) is 30.7 Å². The first-order valence-electron chi connectivity index (χ1n) is 10.8. The van der Waals surface area contributed by atoms with Crippen LogP contribution in [0.1, 0.15) is 37.9 Å². The number of methoxy groups -OCH3 is 1. The van der Waals surface area contributed by atoms with Gasteiger partial charge in [-0.25, -0.2) is 4.90 Å². The zero-order chi connectivity index (χ0) is 22.8. The Labute approximate surface area is 187 Å². The lowest BCUT2D eigenvalue weighted by atomic mass is 9.79. The summed E-state index contributed by atoms with van der Waals surface area (Å²) in [5.74, 6) is -1.30. The van der Waals surface area contributed by atoms with Crippen molar-refractivity contribution in [2.45, 2.75) is 32.9 Å². The Morgan fingerprint density at radius 1 is 0.938 bits per heavy atom. The molecule has 3 aliphatic heterocycles. The zero-order valence-corrected chi connectivity index (χ0v) is 18.6. The molecule has 6 nitrogen and oxygen atoms in total. The standard InChI is InChI=1S/C26H26N2O4/c1-26(2,3)23(29)22-20-19(21-18-8-6-5-7-15(18)13-14-27(21)22)24(30)28(25(20)31)16-9-11-17(32-4)12-10-16/h5-14,19-22H,1-4H3/t19-,20+,21+,22-/m1/s1. The predicted octanol–water partition coefficient (Wildman–Crippen LogP) is 3.83. The van der Waals surface area contributed by atoms with Crippen molar-refractivity contribution in [2.75, 3.05) is 12.0 Å². The average molecular weight is 431 g/mol. The molecule has 2 saturated heterocycles. The van der Waals surface area contributed by atoms with E-state index in [1.807, 2.05) is 62.2 Å². The molecule has 3 heterocycles. The molecule has 0 radical (unpaired) electrons. The molecule has 2 amide bonds. The van der Waals surface area contributed by atoms with Gasteiger partial charge in [0.15, 0.2) is 5.78 Å². The van der Waals surface area contributed by atoms with E-state index in [9.17, 15) is 14.4 Å². The highest BCUT2D eigenvalue weighted by molar-refractivity contribution is 6.24. The normalized spacial score (nSPS) is 26.1. The van der Waals surface area contributed by atoms with Crippen LogP contribution in [-0.4, -0.2) is 35.6 Å². The zero-order valence-electron chi connectivity index (χ0n) is 18.6. The number of fused-ring (bicyclic) bond motifs is 5. The van der Waals surface area contributed by atoms with Crippen molar-refractivity contribution in [3.05, 3.63) is 65.9 Å². The van der Waals surface area contributed by atoms with Crippen LogP contribution in [0.2, 0.25) is 0 Å². The number of hydrogen-bond acceptors (Lipinski definition) is 5. The number of Topliss-reactive ketones (excluding diaryl/α,β-unsaturated/α-hetero) is 1. The van der Waals surface area contributed by atoms with Gasteiger partial charge in [-0.05, 0) is 41.5 Å². The molecule has 4 atom stereocenters. The Hall–Kier alpha value is -3.41. The first-order chi connectivity index (χ1) is 15.2. The topological polar surface area (TPSA) is 66.9 Å². The second kappa shape index (κ2) is 7.05. The highest BCUT2D eigenvalue weighted by Gasteiger charge is 2.65. The largest absolute Gasteiger partial charge is 0.497 e. The van der Waals surface area contributed by atoms with Crippen molar-refractivity contribution in [1.82, 2.24) is 4.90 Å². The van der Waals surface area contributed by atoms with E-state index in [1.54, 1.807) is 31.4 Å². The number of ketones is 1. The fraction of sp³-hybridized carbons (Fsp3) is 0.346. The lowest BCUT2D eigenvalue weighted by molar-refractivity contribution is -0.135. The molecule has 0 aliphatic carbocycles. The summed E-state index contributed by atoms with van der Waals surface area (Å²) in [6.07, 6.45) is 3.85. The third kappa shape index (κ3) is 2.82. The van der Waals surface area contributed by atoms with Gasteiger partial charge in [0.2, 0.25) is 11.8 Å². The minimum Gasteiger partial charge on any atom is -0.497 e. The van der Waals surface area contributed by atoms with E-state index in [0.717, 1.165) is 11.1 Å². The number of carbonyl (C=O) groups is 3. The van der Waals surface area contributed by atoms with Crippen LogP contribution < -0.4 is 9.64 Å². The van der Waals surface area contributed by atoms with E-state index >= 15 is 0 Å². The molecule has 3 aliphatic rings. The Bertz CT molecular complexity index is 1150. The summed E-state index contributed by atoms with van der Waals surface area (Å²) in [5.41, 5.74) is 1.85. The van der Waals surface area contributed by atoms with E-state index in [0.29, 0.717) is 11.4 Å². The van der Waals surface area contributed by atoms with Gasteiger partial charge in [0, 0.05) is 11.6 Å². The highest BCUT2D eigenvalue weighted by Crippen LogP contribution is 2.54. The second-order valence-electron chi connectivity index (χ2n) is 9.66. The summed E-state index contributed by atoms with van der Waals surface area (Å²) in [4.78, 5) is 44.3. The average Bonchev–Trinajstić information content (AvgIpc) is 3.25. The van der Waals surface area contributed by atoms with Gasteiger partial charge < -0.3 is 9.64 Å². The molecule has 0 bridgehead atoms. The number of benzene rings is 2. The fourth-order valence-electron chi connectivity index (χ4n) is 5.29. The minimum absolute atomic E-state index is 0.0308. The van der Waals surface area contributed by atoms with Gasteiger partial charge in [-0.15, -0.1) is 0 Å². The van der Waals surface area contributed by atoms with Crippen LogP contribution in [0.3, 0.4) is 0 Å². The van der Waals surface area contributed by atoms with Gasteiger partial charge in [-0.2, -0.15) is 0 Å². The van der Waals surface area contributed by atoms with E-state index in [-0.39, 0.29) is 23.6 Å². The van der Waals surface area contributed by atoms with Crippen LogP contribution in [0.25, 0.3) is 6.08 Å². The molecule has 2 aromatic carbocycles. The first-order valence-corrected chi connectivity index (χ1v) is 10.8. The van der Waals surface area contributed by atoms with Crippen molar-refractivity contribution >= 4 is 29.4 Å². The van der Waals surface area contributed by atoms with Crippen LogP contribution >= 0.6 is 0 Å². The van der Waals surface area contributed by atoms with Gasteiger partial charge in [0.25, 0.3) is 0 Å². The first kappa shape index (κ1) is 20.5. The molecule has 0 saturated carbocycles. The Balaban J connectivity index is 1.64. The SMILES string of the molecule is COc1ccc(N2C(=O)[C@@H]3[C@H](C2=O)[C@H](C(=O)C(C)(C)C)N2C=Cc4ccccc4[C@@H]32)cc1. The molecule has 5 rings (SSSR count). The molecule has 32 heavy (non-hydrogen) atoms. The number of anilines is 1. The van der Waals surface area contributed by atoms with E-state index < -0.39 is 23.3 Å². The number of nitrogens with zero attached hydrogens (tertiary/aromatic N) is 2. The van der Waals surface area contributed by atoms with E-state index in [4.69, 9.17) is 4.74 Å². The second-order valence-corrected chi connectivity index (χ2v) is 9.66. The lowest BCUT2D eigenvalue weighted by Crippen LogP contribution is -2.47. The Morgan fingerprint density at radius 3 is 2.25 bits per heavy atom. The molecule has 0 aromatic heterocycles. The van der Waals surface area contributed by atoms with Gasteiger partial charge in [0.1, 0.15) is 11.8 Å². The van der Waals surface area contributed by atoms with Crippen LogP contribution in [0.15, 0.2) is 54.7 Å². The maximum absolute atomic E-state index is 13.7. The molecule has 0 N–H and O–H groups in total. The molecule has 6 heteroatoms. The molecule has 2 aromatic rings. The smallest absolute Gasteiger partial charge is 0.240 e. The van der Waals surface area contributed by atoms with Crippen molar-refractivity contribution in [1.29, 1.82) is 0 Å². The summed E-state index contributed by atoms with van der Waals surface area (Å²) in [5, 5.41) is 0. The summed E-state index contributed by atoms with van der Waals surface area (Å²) < 4.78 is 5.21. The number of rotatable bonds is 3. The highest BCUT2D eigenvalue weighted by atomic mass is 16.5. The van der Waals surface area contributed by atoms with Gasteiger partial charge in [-0.1, -0.05) is 45.0 Å². The molecule has 0 spiro atoms. The molecular weight excluding hydrogens is 404 g/mol. The molecule has 0 unspecified atom stereocenters. The number of hydrogen-bond donors (Lipinski definition) is 0. The number of amides is 2.